The van der Waals surface area contributed by atoms with E-state index < -0.39 is 36.6 Å². The van der Waals surface area contributed by atoms with Gasteiger partial charge in [-0.1, -0.05) is 36.5 Å². The van der Waals surface area contributed by atoms with Crippen LogP contribution >= 0.6 is 0 Å². The minimum absolute atomic E-state index is 0.200. The topological polar surface area (TPSA) is 107 Å². The molecule has 0 saturated carbocycles. The molecule has 5 aliphatic heterocycles. The van der Waals surface area contributed by atoms with Crippen LogP contribution in [0.2, 0.25) is 0 Å². The molecule has 0 aromatic rings. The average Bonchev–Trinajstić information content (AvgIpc) is 3.06. The van der Waals surface area contributed by atoms with Crippen molar-refractivity contribution < 1.29 is 39.0 Å². The molecular formula is C22H30O8. The number of hydrogen-bond acceptors (Lipinski definition) is 8. The van der Waals surface area contributed by atoms with Crippen LogP contribution in [0.25, 0.3) is 0 Å². The van der Waals surface area contributed by atoms with Crippen molar-refractivity contribution in [2.75, 3.05) is 13.2 Å². The molecule has 2 fully saturated rings. The summed E-state index contributed by atoms with van der Waals surface area (Å²) in [7, 11) is 0. The van der Waals surface area contributed by atoms with E-state index in [9.17, 15) is 15.3 Å². The third-order valence-corrected chi connectivity index (χ3v) is 6.62. The molecule has 0 aromatic carbocycles. The number of hydrogen-bond donors (Lipinski definition) is 3. The Balaban J connectivity index is 1.34. The third kappa shape index (κ3) is 3.91. The molecule has 8 nitrogen and oxygen atoms in total. The molecular weight excluding hydrogens is 392 g/mol. The summed E-state index contributed by atoms with van der Waals surface area (Å²) in [4.78, 5) is 0. The predicted molar refractivity (Wildman–Crippen MR) is 105 cm³/mol. The molecule has 0 aliphatic carbocycles. The first-order valence-electron chi connectivity index (χ1n) is 10.8. The van der Waals surface area contributed by atoms with Crippen LogP contribution in [0.4, 0.5) is 0 Å². The van der Waals surface area contributed by atoms with E-state index in [1.54, 1.807) is 6.08 Å². The lowest BCUT2D eigenvalue weighted by molar-refractivity contribution is -0.286. The second kappa shape index (κ2) is 8.80. The Morgan fingerprint density at radius 3 is 2.33 bits per heavy atom. The highest BCUT2D eigenvalue weighted by molar-refractivity contribution is 5.12. The Bertz CT molecular complexity index is 693. The van der Waals surface area contributed by atoms with Crippen molar-refractivity contribution >= 4 is 0 Å². The maximum atomic E-state index is 10.9. The van der Waals surface area contributed by atoms with E-state index in [1.807, 2.05) is 30.4 Å². The number of rotatable bonds is 1. The molecule has 5 aliphatic rings. The van der Waals surface area contributed by atoms with Crippen LogP contribution < -0.4 is 0 Å². The van der Waals surface area contributed by atoms with Crippen LogP contribution in [0, 0.1) is 0 Å². The second-order valence-corrected chi connectivity index (χ2v) is 8.58. The first-order valence-corrected chi connectivity index (χ1v) is 10.8. The zero-order valence-corrected chi connectivity index (χ0v) is 16.7. The number of fused-ring (bicyclic) bond motifs is 4. The number of aliphatic hydroxyl groups excluding tert-OH is 3. The third-order valence-electron chi connectivity index (χ3n) is 6.62. The van der Waals surface area contributed by atoms with Crippen molar-refractivity contribution in [3.8, 4) is 0 Å². The summed E-state index contributed by atoms with van der Waals surface area (Å²) in [6.07, 6.45) is 8.18. The van der Waals surface area contributed by atoms with Crippen molar-refractivity contribution in [3.05, 3.63) is 36.5 Å². The molecule has 8 heteroatoms. The summed E-state index contributed by atoms with van der Waals surface area (Å²) in [6, 6.07) is 0. The fraction of sp³-hybridized carbons (Fsp3) is 0.727. The molecule has 166 valence electrons. The largest absolute Gasteiger partial charge is 0.394 e. The molecule has 5 rings (SSSR count). The van der Waals surface area contributed by atoms with Gasteiger partial charge in [0, 0.05) is 6.42 Å². The molecule has 0 bridgehead atoms. The van der Waals surface area contributed by atoms with Crippen molar-refractivity contribution in [2.45, 2.75) is 86.4 Å². The highest BCUT2D eigenvalue weighted by atomic mass is 16.6. The molecule has 3 N–H and O–H groups in total. The van der Waals surface area contributed by atoms with Crippen LogP contribution in [0.3, 0.4) is 0 Å². The summed E-state index contributed by atoms with van der Waals surface area (Å²) in [5.41, 5.74) is 0. The van der Waals surface area contributed by atoms with Gasteiger partial charge in [0.25, 0.3) is 0 Å². The lowest BCUT2D eigenvalue weighted by atomic mass is 9.87. The van der Waals surface area contributed by atoms with E-state index in [1.165, 1.54) is 0 Å². The van der Waals surface area contributed by atoms with Crippen molar-refractivity contribution in [1.82, 2.24) is 0 Å². The van der Waals surface area contributed by atoms with Crippen molar-refractivity contribution in [3.63, 3.8) is 0 Å². The van der Waals surface area contributed by atoms with Gasteiger partial charge in [-0.2, -0.15) is 0 Å². The van der Waals surface area contributed by atoms with Crippen molar-refractivity contribution in [1.29, 1.82) is 0 Å². The minimum Gasteiger partial charge on any atom is -0.394 e. The highest BCUT2D eigenvalue weighted by Gasteiger charge is 2.52. The van der Waals surface area contributed by atoms with Gasteiger partial charge < -0.3 is 39.0 Å². The van der Waals surface area contributed by atoms with Gasteiger partial charge in [0.15, 0.2) is 0 Å². The Morgan fingerprint density at radius 1 is 0.733 bits per heavy atom. The summed E-state index contributed by atoms with van der Waals surface area (Å²) in [6.45, 7) is 0.174. The maximum Gasteiger partial charge on any atom is 0.113 e. The smallest absolute Gasteiger partial charge is 0.113 e. The first-order chi connectivity index (χ1) is 14.6. The first kappa shape index (κ1) is 20.8. The molecule has 5 heterocycles. The lowest BCUT2D eigenvalue weighted by Gasteiger charge is -2.49. The van der Waals surface area contributed by atoms with E-state index in [-0.39, 0.29) is 37.1 Å². The monoisotopic (exact) mass is 422 g/mol. The number of aliphatic hydroxyl groups is 3. The van der Waals surface area contributed by atoms with E-state index in [4.69, 9.17) is 23.7 Å². The Morgan fingerprint density at radius 2 is 1.50 bits per heavy atom. The fourth-order valence-corrected chi connectivity index (χ4v) is 5.04. The van der Waals surface area contributed by atoms with Gasteiger partial charge in [0.05, 0.1) is 37.6 Å². The van der Waals surface area contributed by atoms with Crippen LogP contribution in [-0.2, 0) is 23.7 Å². The molecule has 11 atom stereocenters. The summed E-state index contributed by atoms with van der Waals surface area (Å²) < 4.78 is 30.7. The van der Waals surface area contributed by atoms with Gasteiger partial charge in [0.2, 0.25) is 0 Å². The lowest BCUT2D eigenvalue weighted by Crippen LogP contribution is -2.63. The van der Waals surface area contributed by atoms with E-state index in [2.05, 4.69) is 0 Å². The Kier molecular flexibility index (Phi) is 6.10. The second-order valence-electron chi connectivity index (χ2n) is 8.58. The predicted octanol–water partition coefficient (Wildman–Crippen LogP) is 0.00780. The molecule has 30 heavy (non-hydrogen) atoms. The standard InChI is InChI=1S/C22H30O8/c23-11-19-12(24)4-3-6-13-14(28-19)7-8-15-17(27-13)10-18-22(30-15)20(25)21-16(29-18)5-1-2-9-26-21/h1-4,7-8,12-25H,5-6,9-11H2. The molecule has 2 saturated heterocycles. The van der Waals surface area contributed by atoms with E-state index in [0.29, 0.717) is 25.9 Å². The normalized spacial score (nSPS) is 50.7. The fourth-order valence-electron chi connectivity index (χ4n) is 5.04. The number of ether oxygens (including phenoxy) is 5. The maximum absolute atomic E-state index is 10.9. The molecule has 11 unspecified atom stereocenters. The SMILES string of the molecule is OCC1OC2C=CC3OC4C(CC3OC2CC=CC1O)OC1CC=CCOC1C4O. The van der Waals surface area contributed by atoms with Crippen LogP contribution in [0.5, 0.6) is 0 Å². The van der Waals surface area contributed by atoms with Gasteiger partial charge in [-0.05, 0) is 12.8 Å². The molecule has 0 spiro atoms. The molecule has 0 radical (unpaired) electrons. The Hall–Kier alpha value is -1.10. The zero-order chi connectivity index (χ0) is 20.7. The van der Waals surface area contributed by atoms with E-state index in [0.717, 1.165) is 0 Å². The summed E-state index contributed by atoms with van der Waals surface area (Å²) >= 11 is 0. The van der Waals surface area contributed by atoms with Crippen LogP contribution in [0.15, 0.2) is 36.5 Å². The average molecular weight is 422 g/mol. The summed E-state index contributed by atoms with van der Waals surface area (Å²) in [5, 5.41) is 30.6. The van der Waals surface area contributed by atoms with Gasteiger partial charge in [-0.15, -0.1) is 0 Å². The van der Waals surface area contributed by atoms with Gasteiger partial charge in [-0.3, -0.25) is 0 Å². The van der Waals surface area contributed by atoms with Crippen molar-refractivity contribution in [2.24, 2.45) is 0 Å². The minimum atomic E-state index is -0.862. The van der Waals surface area contributed by atoms with Gasteiger partial charge >= 0.3 is 0 Å². The van der Waals surface area contributed by atoms with Crippen LogP contribution in [-0.4, -0.2) is 95.7 Å². The molecule has 0 amide bonds. The van der Waals surface area contributed by atoms with Gasteiger partial charge in [-0.25, -0.2) is 0 Å². The Labute approximate surface area is 175 Å². The van der Waals surface area contributed by atoms with Gasteiger partial charge in [0.1, 0.15) is 42.7 Å². The quantitative estimate of drug-likeness (QED) is 0.508. The summed E-state index contributed by atoms with van der Waals surface area (Å²) in [5.74, 6) is 0. The molecule has 0 aromatic heterocycles. The highest BCUT2D eigenvalue weighted by Crippen LogP contribution is 2.38. The zero-order valence-electron chi connectivity index (χ0n) is 16.7. The van der Waals surface area contributed by atoms with Crippen LogP contribution in [0.1, 0.15) is 19.3 Å². The van der Waals surface area contributed by atoms with E-state index >= 15 is 0 Å².